The number of hydrogen-bond acceptors (Lipinski definition) is 4. The van der Waals surface area contributed by atoms with Gasteiger partial charge in [-0.1, -0.05) is 23.7 Å². The van der Waals surface area contributed by atoms with Gasteiger partial charge in [-0.3, -0.25) is 9.59 Å². The maximum Gasteiger partial charge on any atom is 0.238 e. The standard InChI is InChI=1S/C20H18ClFN2O3S/c21-13-3-6-17-15(9-13)23-20(26)18(28-17)10-19(25)24-7-8-27-16(11-24)12-1-4-14(22)5-2-12/h1-6,9,16,18H,7-8,10-11H2,(H,23,26). The number of halogens is 2. The Morgan fingerprint density at radius 2 is 2.07 bits per heavy atom. The third kappa shape index (κ3) is 4.16. The average molecular weight is 421 g/mol. The number of morpholine rings is 1. The molecule has 4 rings (SSSR count). The fraction of sp³-hybridized carbons (Fsp3) is 0.300. The number of ether oxygens (including phenoxy) is 1. The normalized spacial score (nSPS) is 21.8. The van der Waals surface area contributed by atoms with E-state index in [9.17, 15) is 14.0 Å². The van der Waals surface area contributed by atoms with Crippen LogP contribution in [0.15, 0.2) is 47.4 Å². The Morgan fingerprint density at radius 1 is 1.29 bits per heavy atom. The van der Waals surface area contributed by atoms with Crippen molar-refractivity contribution in [3.05, 3.63) is 58.9 Å². The first-order chi connectivity index (χ1) is 13.5. The fourth-order valence-electron chi connectivity index (χ4n) is 3.30. The van der Waals surface area contributed by atoms with Crippen molar-refractivity contribution >= 4 is 40.9 Å². The number of anilines is 1. The van der Waals surface area contributed by atoms with E-state index in [1.807, 2.05) is 6.07 Å². The predicted molar refractivity (Wildman–Crippen MR) is 106 cm³/mol. The number of nitrogens with zero attached hydrogens (tertiary/aromatic N) is 1. The Hall–Kier alpha value is -2.09. The van der Waals surface area contributed by atoms with Crippen molar-refractivity contribution in [2.24, 2.45) is 0 Å². The number of hydrogen-bond donors (Lipinski definition) is 1. The summed E-state index contributed by atoms with van der Waals surface area (Å²) in [5.74, 6) is -0.605. The van der Waals surface area contributed by atoms with Gasteiger partial charge in [0.1, 0.15) is 11.9 Å². The molecule has 0 bridgehead atoms. The Kier molecular flexibility index (Phi) is 5.57. The van der Waals surface area contributed by atoms with Gasteiger partial charge in [0, 0.05) is 22.9 Å². The summed E-state index contributed by atoms with van der Waals surface area (Å²) < 4.78 is 18.9. The molecule has 0 radical (unpaired) electrons. The van der Waals surface area contributed by atoms with E-state index in [0.717, 1.165) is 10.5 Å². The molecule has 0 spiro atoms. The zero-order chi connectivity index (χ0) is 19.7. The van der Waals surface area contributed by atoms with Crippen LogP contribution in [-0.2, 0) is 14.3 Å². The summed E-state index contributed by atoms with van der Waals surface area (Å²) in [5.41, 5.74) is 1.50. The second kappa shape index (κ2) is 8.11. The molecule has 2 aliphatic rings. The lowest BCUT2D eigenvalue weighted by atomic mass is 10.1. The molecular formula is C20H18ClFN2O3S. The number of fused-ring (bicyclic) bond motifs is 1. The molecule has 0 saturated carbocycles. The van der Waals surface area contributed by atoms with E-state index in [1.165, 1.54) is 23.9 Å². The van der Waals surface area contributed by atoms with E-state index in [2.05, 4.69) is 5.32 Å². The van der Waals surface area contributed by atoms with E-state index in [-0.39, 0.29) is 30.2 Å². The molecule has 2 amide bonds. The van der Waals surface area contributed by atoms with Crippen LogP contribution in [0, 0.1) is 5.82 Å². The molecular weight excluding hydrogens is 403 g/mol. The SMILES string of the molecule is O=C1Nc2cc(Cl)ccc2SC1CC(=O)N1CCOC(c2ccc(F)cc2)C1. The second-order valence-electron chi connectivity index (χ2n) is 6.69. The summed E-state index contributed by atoms with van der Waals surface area (Å²) in [7, 11) is 0. The maximum absolute atomic E-state index is 13.1. The van der Waals surface area contributed by atoms with Crippen LogP contribution in [-0.4, -0.2) is 41.7 Å². The van der Waals surface area contributed by atoms with Gasteiger partial charge in [-0.25, -0.2) is 4.39 Å². The Labute approximate surface area is 171 Å². The molecule has 0 aromatic heterocycles. The van der Waals surface area contributed by atoms with Crippen LogP contribution >= 0.6 is 23.4 Å². The Bertz CT molecular complexity index is 909. The lowest BCUT2D eigenvalue weighted by Gasteiger charge is -2.34. The molecule has 5 nitrogen and oxygen atoms in total. The van der Waals surface area contributed by atoms with Crippen LogP contribution in [0.1, 0.15) is 18.1 Å². The summed E-state index contributed by atoms with van der Waals surface area (Å²) in [6.07, 6.45) is -0.191. The molecule has 2 unspecified atom stereocenters. The molecule has 2 heterocycles. The van der Waals surface area contributed by atoms with Crippen molar-refractivity contribution in [3.63, 3.8) is 0 Å². The first-order valence-electron chi connectivity index (χ1n) is 8.91. The molecule has 2 atom stereocenters. The third-order valence-corrected chi connectivity index (χ3v) is 6.29. The number of benzene rings is 2. The van der Waals surface area contributed by atoms with E-state index < -0.39 is 5.25 Å². The lowest BCUT2D eigenvalue weighted by Crippen LogP contribution is -2.44. The fourth-order valence-corrected chi connectivity index (χ4v) is 4.55. The molecule has 1 fully saturated rings. The third-order valence-electron chi connectivity index (χ3n) is 4.78. The highest BCUT2D eigenvalue weighted by molar-refractivity contribution is 8.01. The summed E-state index contributed by atoms with van der Waals surface area (Å²) in [6, 6.07) is 11.4. The van der Waals surface area contributed by atoms with E-state index in [0.29, 0.717) is 30.4 Å². The van der Waals surface area contributed by atoms with Crippen molar-refractivity contribution in [2.45, 2.75) is 22.7 Å². The van der Waals surface area contributed by atoms with Crippen LogP contribution in [0.5, 0.6) is 0 Å². The molecule has 0 aliphatic carbocycles. The Morgan fingerprint density at radius 3 is 2.86 bits per heavy atom. The van der Waals surface area contributed by atoms with Crippen LogP contribution in [0.3, 0.4) is 0 Å². The van der Waals surface area contributed by atoms with Crippen LogP contribution in [0.4, 0.5) is 10.1 Å². The lowest BCUT2D eigenvalue weighted by molar-refractivity contribution is -0.139. The van der Waals surface area contributed by atoms with Crippen LogP contribution in [0.2, 0.25) is 5.02 Å². The molecule has 1 saturated heterocycles. The highest BCUT2D eigenvalue weighted by Gasteiger charge is 2.32. The second-order valence-corrected chi connectivity index (χ2v) is 8.37. The van der Waals surface area contributed by atoms with Gasteiger partial charge in [-0.15, -0.1) is 11.8 Å². The molecule has 28 heavy (non-hydrogen) atoms. The highest BCUT2D eigenvalue weighted by Crippen LogP contribution is 2.38. The van der Waals surface area contributed by atoms with Crippen molar-refractivity contribution < 1.29 is 18.7 Å². The minimum atomic E-state index is -0.492. The van der Waals surface area contributed by atoms with Crippen molar-refractivity contribution in [1.29, 1.82) is 0 Å². The van der Waals surface area contributed by atoms with Gasteiger partial charge in [-0.05, 0) is 35.9 Å². The van der Waals surface area contributed by atoms with E-state index in [1.54, 1.807) is 29.2 Å². The first kappa shape index (κ1) is 19.2. The van der Waals surface area contributed by atoms with Gasteiger partial charge >= 0.3 is 0 Å². The number of nitrogens with one attached hydrogen (secondary N) is 1. The summed E-state index contributed by atoms with van der Waals surface area (Å²) in [6.45, 7) is 1.26. The topological polar surface area (TPSA) is 58.6 Å². The van der Waals surface area contributed by atoms with Crippen molar-refractivity contribution in [3.8, 4) is 0 Å². The van der Waals surface area contributed by atoms with Crippen molar-refractivity contribution in [1.82, 2.24) is 4.90 Å². The minimum Gasteiger partial charge on any atom is -0.370 e. The van der Waals surface area contributed by atoms with Gasteiger partial charge in [0.15, 0.2) is 0 Å². The number of rotatable bonds is 3. The summed E-state index contributed by atoms with van der Waals surface area (Å²) >= 11 is 7.34. The highest BCUT2D eigenvalue weighted by atomic mass is 35.5. The van der Waals surface area contributed by atoms with Gasteiger partial charge in [0.25, 0.3) is 0 Å². The maximum atomic E-state index is 13.1. The van der Waals surface area contributed by atoms with Crippen molar-refractivity contribution in [2.75, 3.05) is 25.0 Å². The minimum absolute atomic E-state index is 0.0968. The smallest absolute Gasteiger partial charge is 0.238 e. The van der Waals surface area contributed by atoms with Crippen LogP contribution < -0.4 is 5.32 Å². The van der Waals surface area contributed by atoms with E-state index in [4.69, 9.17) is 16.3 Å². The van der Waals surface area contributed by atoms with Gasteiger partial charge in [0.2, 0.25) is 11.8 Å². The van der Waals surface area contributed by atoms with E-state index >= 15 is 0 Å². The Balaban J connectivity index is 1.41. The zero-order valence-corrected chi connectivity index (χ0v) is 16.4. The molecule has 1 N–H and O–H groups in total. The summed E-state index contributed by atoms with van der Waals surface area (Å²) in [5, 5.41) is 2.88. The average Bonchev–Trinajstić information content (AvgIpc) is 2.69. The largest absolute Gasteiger partial charge is 0.370 e. The first-order valence-corrected chi connectivity index (χ1v) is 10.2. The van der Waals surface area contributed by atoms with Gasteiger partial charge in [-0.2, -0.15) is 0 Å². The van der Waals surface area contributed by atoms with Gasteiger partial charge in [0.05, 0.1) is 24.1 Å². The zero-order valence-electron chi connectivity index (χ0n) is 14.9. The summed E-state index contributed by atoms with van der Waals surface area (Å²) in [4.78, 5) is 27.8. The molecule has 2 aromatic rings. The van der Waals surface area contributed by atoms with Crippen LogP contribution in [0.25, 0.3) is 0 Å². The predicted octanol–water partition coefficient (Wildman–Crippen LogP) is 3.88. The molecule has 146 valence electrons. The quantitative estimate of drug-likeness (QED) is 0.818. The molecule has 2 aliphatic heterocycles. The molecule has 8 heteroatoms. The molecule has 2 aromatic carbocycles. The number of carbonyl (C=O) groups is 2. The number of thioether (sulfide) groups is 1. The monoisotopic (exact) mass is 420 g/mol. The number of carbonyl (C=O) groups excluding carboxylic acids is 2. The van der Waals surface area contributed by atoms with Gasteiger partial charge < -0.3 is 15.0 Å². The number of amides is 2.